The van der Waals surface area contributed by atoms with Gasteiger partial charge in [-0.1, -0.05) is 30.3 Å². The van der Waals surface area contributed by atoms with Gasteiger partial charge in [-0.25, -0.2) is 0 Å². The minimum absolute atomic E-state index is 0.511. The largest absolute Gasteiger partial charge is 0.493 e. The van der Waals surface area contributed by atoms with Crippen molar-refractivity contribution in [3.8, 4) is 11.5 Å². The number of hydrogen-bond acceptors (Lipinski definition) is 4. The summed E-state index contributed by atoms with van der Waals surface area (Å²) in [5.74, 6) is 1.48. The summed E-state index contributed by atoms with van der Waals surface area (Å²) in [6.45, 7) is 3.31. The van der Waals surface area contributed by atoms with Gasteiger partial charge < -0.3 is 20.1 Å². The Morgan fingerprint density at radius 2 is 1.83 bits per heavy atom. The van der Waals surface area contributed by atoms with Crippen LogP contribution in [0.15, 0.2) is 46.9 Å². The molecule has 130 valence electrons. The second-order valence-corrected chi connectivity index (χ2v) is 6.37. The Kier molecular flexibility index (Phi) is 8.08. The van der Waals surface area contributed by atoms with Crippen LogP contribution in [0.25, 0.3) is 0 Å². The molecular weight excluding hydrogens is 368 g/mol. The maximum absolute atomic E-state index is 5.96. The van der Waals surface area contributed by atoms with Crippen LogP contribution >= 0.6 is 15.9 Å². The van der Waals surface area contributed by atoms with Crippen LogP contribution in [-0.2, 0) is 13.2 Å². The second-order valence-electron chi connectivity index (χ2n) is 5.52. The van der Waals surface area contributed by atoms with E-state index in [1.54, 1.807) is 7.11 Å². The standard InChI is InChI=1S/C19H25BrN2O2/c1-21-9-6-10-22-13-16-11-17(20)19(18(12-16)23-2)24-14-15-7-4-3-5-8-15/h3-5,7-8,11-12,21-22H,6,9-10,13-14H2,1-2H3. The van der Waals surface area contributed by atoms with E-state index in [9.17, 15) is 0 Å². The van der Waals surface area contributed by atoms with E-state index in [4.69, 9.17) is 9.47 Å². The van der Waals surface area contributed by atoms with Crippen molar-refractivity contribution in [1.29, 1.82) is 0 Å². The Morgan fingerprint density at radius 1 is 1.04 bits per heavy atom. The number of halogens is 1. The SMILES string of the molecule is CNCCCNCc1cc(Br)c(OCc2ccccc2)c(OC)c1. The molecule has 2 N–H and O–H groups in total. The maximum atomic E-state index is 5.96. The molecule has 0 spiro atoms. The molecule has 0 saturated heterocycles. The van der Waals surface area contributed by atoms with Crippen molar-refractivity contribution in [3.63, 3.8) is 0 Å². The van der Waals surface area contributed by atoms with Crippen molar-refractivity contribution in [3.05, 3.63) is 58.1 Å². The van der Waals surface area contributed by atoms with Gasteiger partial charge in [0.15, 0.2) is 11.5 Å². The predicted octanol–water partition coefficient (Wildman–Crippen LogP) is 3.74. The highest BCUT2D eigenvalue weighted by Gasteiger charge is 2.12. The highest BCUT2D eigenvalue weighted by molar-refractivity contribution is 9.10. The van der Waals surface area contributed by atoms with Gasteiger partial charge in [-0.2, -0.15) is 0 Å². The van der Waals surface area contributed by atoms with Gasteiger partial charge in [0.1, 0.15) is 6.61 Å². The van der Waals surface area contributed by atoms with E-state index >= 15 is 0 Å². The fourth-order valence-corrected chi connectivity index (χ4v) is 2.97. The molecule has 0 radical (unpaired) electrons. The topological polar surface area (TPSA) is 42.5 Å². The molecule has 2 rings (SSSR count). The van der Waals surface area contributed by atoms with Crippen molar-refractivity contribution in [1.82, 2.24) is 10.6 Å². The normalized spacial score (nSPS) is 10.6. The molecule has 0 heterocycles. The van der Waals surface area contributed by atoms with Crippen molar-refractivity contribution in [2.75, 3.05) is 27.2 Å². The fourth-order valence-electron chi connectivity index (χ4n) is 2.37. The van der Waals surface area contributed by atoms with Gasteiger partial charge in [-0.05, 0) is 65.7 Å². The van der Waals surface area contributed by atoms with E-state index in [0.717, 1.165) is 53.2 Å². The second kappa shape index (κ2) is 10.3. The quantitative estimate of drug-likeness (QED) is 0.604. The molecule has 5 heteroatoms. The Balaban J connectivity index is 1.98. The van der Waals surface area contributed by atoms with Crippen LogP contribution in [0.4, 0.5) is 0 Å². The molecule has 0 aromatic heterocycles. The number of ether oxygens (including phenoxy) is 2. The number of methoxy groups -OCH3 is 1. The molecule has 0 bridgehead atoms. The fraction of sp³-hybridized carbons (Fsp3) is 0.368. The van der Waals surface area contributed by atoms with E-state index in [1.807, 2.05) is 43.4 Å². The molecule has 0 saturated carbocycles. The zero-order valence-electron chi connectivity index (χ0n) is 14.3. The average molecular weight is 393 g/mol. The van der Waals surface area contributed by atoms with Gasteiger partial charge in [0.2, 0.25) is 0 Å². The highest BCUT2D eigenvalue weighted by atomic mass is 79.9. The van der Waals surface area contributed by atoms with Gasteiger partial charge >= 0.3 is 0 Å². The summed E-state index contributed by atoms with van der Waals surface area (Å²) in [6, 6.07) is 14.2. The lowest BCUT2D eigenvalue weighted by Gasteiger charge is -2.15. The van der Waals surface area contributed by atoms with Gasteiger partial charge in [-0.15, -0.1) is 0 Å². The first-order valence-corrected chi connectivity index (χ1v) is 8.92. The molecule has 24 heavy (non-hydrogen) atoms. The molecule has 0 amide bonds. The van der Waals surface area contributed by atoms with Crippen LogP contribution in [0.1, 0.15) is 17.5 Å². The van der Waals surface area contributed by atoms with Crippen LogP contribution < -0.4 is 20.1 Å². The first-order valence-electron chi connectivity index (χ1n) is 8.13. The van der Waals surface area contributed by atoms with Crippen molar-refractivity contribution >= 4 is 15.9 Å². The predicted molar refractivity (Wildman–Crippen MR) is 102 cm³/mol. The van der Waals surface area contributed by atoms with Crippen LogP contribution in [0.5, 0.6) is 11.5 Å². The lowest BCUT2D eigenvalue weighted by Crippen LogP contribution is -2.19. The summed E-state index contributed by atoms with van der Waals surface area (Å²) in [5.41, 5.74) is 2.29. The van der Waals surface area contributed by atoms with Crippen molar-refractivity contribution < 1.29 is 9.47 Å². The molecule has 0 aliphatic heterocycles. The Morgan fingerprint density at radius 3 is 2.54 bits per heavy atom. The van der Waals surface area contributed by atoms with Crippen molar-refractivity contribution in [2.24, 2.45) is 0 Å². The lowest BCUT2D eigenvalue weighted by atomic mass is 10.2. The summed E-state index contributed by atoms with van der Waals surface area (Å²) in [4.78, 5) is 0. The Bertz CT molecular complexity index is 620. The lowest BCUT2D eigenvalue weighted by molar-refractivity contribution is 0.282. The zero-order chi connectivity index (χ0) is 17.2. The highest BCUT2D eigenvalue weighted by Crippen LogP contribution is 2.37. The van der Waals surface area contributed by atoms with Crippen LogP contribution in [0, 0.1) is 0 Å². The van der Waals surface area contributed by atoms with Gasteiger partial charge in [0.25, 0.3) is 0 Å². The van der Waals surface area contributed by atoms with Gasteiger partial charge in [0, 0.05) is 6.54 Å². The zero-order valence-corrected chi connectivity index (χ0v) is 15.9. The van der Waals surface area contributed by atoms with E-state index in [0.29, 0.717) is 6.61 Å². The van der Waals surface area contributed by atoms with Crippen LogP contribution in [0.3, 0.4) is 0 Å². The first kappa shape index (κ1) is 18.8. The third-order valence-electron chi connectivity index (χ3n) is 3.62. The molecule has 0 aliphatic rings. The van der Waals surface area contributed by atoms with Crippen LogP contribution in [-0.4, -0.2) is 27.2 Å². The molecule has 4 nitrogen and oxygen atoms in total. The molecule has 2 aromatic carbocycles. The molecular formula is C19H25BrN2O2. The number of hydrogen-bond donors (Lipinski definition) is 2. The molecule has 0 unspecified atom stereocenters. The Hall–Kier alpha value is -1.56. The first-order chi connectivity index (χ1) is 11.7. The summed E-state index contributed by atoms with van der Waals surface area (Å²) in [5, 5.41) is 6.58. The van der Waals surface area contributed by atoms with E-state index < -0.39 is 0 Å². The third-order valence-corrected chi connectivity index (χ3v) is 4.21. The van der Waals surface area contributed by atoms with Crippen LogP contribution in [0.2, 0.25) is 0 Å². The third kappa shape index (κ3) is 5.82. The van der Waals surface area contributed by atoms with E-state index in [1.165, 1.54) is 0 Å². The van der Waals surface area contributed by atoms with Gasteiger partial charge in [-0.3, -0.25) is 0 Å². The maximum Gasteiger partial charge on any atom is 0.175 e. The molecule has 0 aliphatic carbocycles. The smallest absolute Gasteiger partial charge is 0.175 e. The molecule has 0 fully saturated rings. The number of rotatable bonds is 10. The summed E-state index contributed by atoms with van der Waals surface area (Å²) in [6.07, 6.45) is 1.10. The van der Waals surface area contributed by atoms with Crippen molar-refractivity contribution in [2.45, 2.75) is 19.6 Å². The minimum Gasteiger partial charge on any atom is -0.493 e. The van der Waals surface area contributed by atoms with E-state index in [2.05, 4.69) is 32.6 Å². The summed E-state index contributed by atoms with van der Waals surface area (Å²) < 4.78 is 12.4. The minimum atomic E-state index is 0.511. The average Bonchev–Trinajstić information content (AvgIpc) is 2.61. The number of nitrogens with one attached hydrogen (secondary N) is 2. The van der Waals surface area contributed by atoms with Gasteiger partial charge in [0.05, 0.1) is 11.6 Å². The van der Waals surface area contributed by atoms with E-state index in [-0.39, 0.29) is 0 Å². The summed E-state index contributed by atoms with van der Waals surface area (Å²) in [7, 11) is 3.64. The summed E-state index contributed by atoms with van der Waals surface area (Å²) >= 11 is 3.60. The molecule has 0 atom stereocenters. The number of benzene rings is 2. The molecule has 2 aromatic rings. The Labute approximate surface area is 152 Å². The monoisotopic (exact) mass is 392 g/mol.